The van der Waals surface area contributed by atoms with Crippen molar-refractivity contribution in [1.82, 2.24) is 19.5 Å². The molecule has 0 saturated carbocycles. The third-order valence-corrected chi connectivity index (χ3v) is 10.9. The number of nitrogens with zero attached hydrogens (tertiary/aromatic N) is 4. The van der Waals surface area contributed by atoms with Crippen LogP contribution in [0.2, 0.25) is 0 Å². The van der Waals surface area contributed by atoms with Gasteiger partial charge in [0.25, 0.3) is 0 Å². The summed E-state index contributed by atoms with van der Waals surface area (Å²) in [7, 11) is 0. The van der Waals surface area contributed by atoms with Gasteiger partial charge in [-0.2, -0.15) is 0 Å². The van der Waals surface area contributed by atoms with Gasteiger partial charge in [0.15, 0.2) is 17.5 Å². The zero-order valence-corrected chi connectivity index (χ0v) is 30.1. The Kier molecular flexibility index (Phi) is 5.27. The molecule has 11 rings (SSSR count). The van der Waals surface area contributed by atoms with Crippen molar-refractivity contribution < 1.29 is 16.4 Å². The average Bonchev–Trinajstić information content (AvgIpc) is 3.93. The molecule has 0 amide bonds. The molecule has 11 aromatic rings. The molecule has 0 atom stereocenters. The Bertz CT molecular complexity index is 3860. The fraction of sp³-hybridized carbons (Fsp3) is 0. The number of fused-ring (bicyclic) bond motifs is 6. The molecule has 8 aromatic carbocycles. The normalized spacial score (nSPS) is 14.6. The topological polar surface area (TPSA) is 43.6 Å². The van der Waals surface area contributed by atoms with Crippen LogP contribution in [0.15, 0.2) is 194 Å². The fourth-order valence-corrected chi connectivity index (χ4v) is 8.33. The molecule has 0 radical (unpaired) electrons. The van der Waals surface area contributed by atoms with Crippen LogP contribution in [0.5, 0.6) is 0 Å². The molecule has 3 aromatic heterocycles. The Morgan fingerprint density at radius 2 is 1.04 bits per heavy atom. The molecule has 0 spiro atoms. The zero-order valence-electron chi connectivity index (χ0n) is 41.2. The van der Waals surface area contributed by atoms with E-state index < -0.39 is 83.6 Å². The van der Waals surface area contributed by atoms with Gasteiger partial charge in [0.1, 0.15) is 0 Å². The van der Waals surface area contributed by atoms with Crippen molar-refractivity contribution in [3.8, 4) is 62.1 Å². The van der Waals surface area contributed by atoms with Gasteiger partial charge in [-0.1, -0.05) is 151 Å². The van der Waals surface area contributed by atoms with Gasteiger partial charge in [0, 0.05) is 47.6 Å². The zero-order chi connectivity index (χ0) is 47.4. The minimum Gasteiger partial charge on any atom is -0.309 e. The van der Waals surface area contributed by atoms with Gasteiger partial charge in [-0.15, -0.1) is 11.3 Å². The Morgan fingerprint density at radius 1 is 0.411 bits per heavy atom. The first-order valence-corrected chi connectivity index (χ1v) is 18.6. The molecule has 0 aliphatic carbocycles. The molecular weight excluding hydrogens is 701 g/mol. The summed E-state index contributed by atoms with van der Waals surface area (Å²) in [6.45, 7) is 0. The van der Waals surface area contributed by atoms with Crippen molar-refractivity contribution in [3.05, 3.63) is 194 Å². The molecule has 3 heterocycles. The van der Waals surface area contributed by atoms with Crippen molar-refractivity contribution in [2.75, 3.05) is 0 Å². The predicted octanol–water partition coefficient (Wildman–Crippen LogP) is 13.7. The Labute approximate surface area is 344 Å². The lowest BCUT2D eigenvalue weighted by atomic mass is 9.99. The van der Waals surface area contributed by atoms with E-state index in [-0.39, 0.29) is 33.3 Å². The number of rotatable bonds is 6. The molecule has 0 N–H and O–H groups in total. The number of benzene rings is 8. The number of hydrogen-bond acceptors (Lipinski definition) is 4. The molecular formula is C51H32N4S. The highest BCUT2D eigenvalue weighted by Crippen LogP contribution is 2.41. The SMILES string of the molecule is [2H]c1c([2H])c([2H])c(-c2c([2H])c([2H])c3c(c2[2H])c2c([2H])c([2H])c([2H])c([2H])c2n3-c2ccc(-c3ccc4c(c3)sc3ccccc34)cc2-c2nc(-c3ccccc3)nc(-c3ccccc3)n2)c([2H])c1[2H]. The van der Waals surface area contributed by atoms with Crippen molar-refractivity contribution >= 4 is 53.3 Å². The first kappa shape index (κ1) is 22.2. The van der Waals surface area contributed by atoms with Crippen LogP contribution in [0.4, 0.5) is 0 Å². The van der Waals surface area contributed by atoms with Gasteiger partial charge >= 0.3 is 0 Å². The minimum absolute atomic E-state index is 0.119. The van der Waals surface area contributed by atoms with E-state index in [9.17, 15) is 6.85 Å². The molecule has 4 nitrogen and oxygen atoms in total. The van der Waals surface area contributed by atoms with E-state index in [2.05, 4.69) is 24.3 Å². The molecule has 0 bridgehead atoms. The van der Waals surface area contributed by atoms with Gasteiger partial charge in [-0.3, -0.25) is 0 Å². The second kappa shape index (κ2) is 13.3. The maximum absolute atomic E-state index is 9.73. The van der Waals surface area contributed by atoms with Crippen LogP contribution in [0.1, 0.15) is 16.4 Å². The third kappa shape index (κ3) is 5.48. The molecule has 262 valence electrons. The molecule has 0 aliphatic heterocycles. The average molecular weight is 745 g/mol. The second-order valence-electron chi connectivity index (χ2n) is 13.1. The summed E-state index contributed by atoms with van der Waals surface area (Å²) in [5, 5.41) is 1.91. The summed E-state index contributed by atoms with van der Waals surface area (Å²) < 4.78 is 111. The quantitative estimate of drug-likeness (QED) is 0.170. The first-order valence-electron chi connectivity index (χ1n) is 23.8. The third-order valence-electron chi connectivity index (χ3n) is 9.80. The highest BCUT2D eigenvalue weighted by Gasteiger charge is 2.21. The van der Waals surface area contributed by atoms with E-state index in [1.807, 2.05) is 91.0 Å². The summed E-state index contributed by atoms with van der Waals surface area (Å²) in [5.74, 6) is 0.855. The fourth-order valence-electron chi connectivity index (χ4n) is 7.18. The van der Waals surface area contributed by atoms with Gasteiger partial charge in [-0.25, -0.2) is 15.0 Å². The van der Waals surface area contributed by atoms with Crippen molar-refractivity contribution in [3.63, 3.8) is 0 Å². The van der Waals surface area contributed by atoms with Crippen LogP contribution < -0.4 is 0 Å². The predicted molar refractivity (Wildman–Crippen MR) is 234 cm³/mol. The summed E-state index contributed by atoms with van der Waals surface area (Å²) >= 11 is 1.67. The lowest BCUT2D eigenvalue weighted by molar-refractivity contribution is 1.06. The van der Waals surface area contributed by atoms with Crippen LogP contribution in [0, 0.1) is 0 Å². The minimum atomic E-state index is -0.700. The molecule has 0 unspecified atom stereocenters. The lowest BCUT2D eigenvalue weighted by Gasteiger charge is -2.16. The monoisotopic (exact) mass is 744 g/mol. The number of para-hydroxylation sites is 1. The van der Waals surface area contributed by atoms with Crippen LogP contribution >= 0.6 is 11.3 Å². The summed E-state index contributed by atoms with van der Waals surface area (Å²) in [5.41, 5.74) is 2.40. The highest BCUT2D eigenvalue weighted by atomic mass is 32.1. The van der Waals surface area contributed by atoms with Crippen LogP contribution in [-0.4, -0.2) is 19.5 Å². The Morgan fingerprint density at radius 3 is 1.82 bits per heavy atom. The largest absolute Gasteiger partial charge is 0.309 e. The van der Waals surface area contributed by atoms with E-state index in [0.717, 1.165) is 31.3 Å². The van der Waals surface area contributed by atoms with Crippen LogP contribution in [0.3, 0.4) is 0 Å². The van der Waals surface area contributed by atoms with Gasteiger partial charge in [-0.05, 0) is 64.6 Å². The van der Waals surface area contributed by atoms with Crippen molar-refractivity contribution in [2.45, 2.75) is 0 Å². The van der Waals surface area contributed by atoms with Gasteiger partial charge in [0.2, 0.25) is 0 Å². The van der Waals surface area contributed by atoms with E-state index in [4.69, 9.17) is 24.5 Å². The Balaban J connectivity index is 1.28. The summed E-state index contributed by atoms with van der Waals surface area (Å²) in [6.07, 6.45) is 0. The van der Waals surface area contributed by atoms with E-state index in [1.165, 1.54) is 4.57 Å². The number of hydrogen-bond donors (Lipinski definition) is 0. The molecule has 0 fully saturated rings. The standard InChI is InChI=1S/C51H32N4S/c1-4-14-33(15-5-1)36-25-28-45-42(30-36)39-20-10-12-22-44(39)55(45)46-29-26-37(38-24-27-41-40-21-11-13-23-47(40)56-48(41)32-38)31-43(46)51-53-49(34-16-6-2-7-17-34)52-50(54-51)35-18-8-3-9-19-35/h1-32H/i1D,4D,5D,10D,12D,14D,15D,20D,22D,25D,28D,30D. The van der Waals surface area contributed by atoms with Crippen molar-refractivity contribution in [2.24, 2.45) is 0 Å². The molecule has 56 heavy (non-hydrogen) atoms. The maximum Gasteiger partial charge on any atom is 0.166 e. The summed E-state index contributed by atoms with van der Waals surface area (Å²) in [6, 6.07) is 31.2. The van der Waals surface area contributed by atoms with E-state index in [1.54, 1.807) is 17.4 Å². The summed E-state index contributed by atoms with van der Waals surface area (Å²) in [4.78, 5) is 15.0. The van der Waals surface area contributed by atoms with Crippen molar-refractivity contribution in [1.29, 1.82) is 0 Å². The van der Waals surface area contributed by atoms with Crippen LogP contribution in [-0.2, 0) is 0 Å². The second-order valence-corrected chi connectivity index (χ2v) is 14.2. The molecule has 0 aliphatic rings. The van der Waals surface area contributed by atoms with Gasteiger partial charge < -0.3 is 4.57 Å². The number of thiophene rings is 1. The molecule has 5 heteroatoms. The number of aromatic nitrogens is 4. The van der Waals surface area contributed by atoms with E-state index in [0.29, 0.717) is 28.3 Å². The smallest absolute Gasteiger partial charge is 0.166 e. The highest BCUT2D eigenvalue weighted by molar-refractivity contribution is 7.25. The van der Waals surface area contributed by atoms with Gasteiger partial charge in [0.05, 0.1) is 33.2 Å². The molecule has 0 saturated heterocycles. The maximum atomic E-state index is 9.73. The first-order chi connectivity index (χ1) is 32.7. The van der Waals surface area contributed by atoms with E-state index >= 15 is 0 Å². The van der Waals surface area contributed by atoms with Crippen LogP contribution in [0.25, 0.3) is 104 Å². The Hall–Kier alpha value is -7.21. The lowest BCUT2D eigenvalue weighted by Crippen LogP contribution is -2.04.